The summed E-state index contributed by atoms with van der Waals surface area (Å²) in [5.74, 6) is 1.74. The molecule has 0 radical (unpaired) electrons. The average Bonchev–Trinajstić information content (AvgIpc) is 3.41. The summed E-state index contributed by atoms with van der Waals surface area (Å²) in [4.78, 5) is 20.3. The van der Waals surface area contributed by atoms with Crippen LogP contribution in [-0.2, 0) is 10.0 Å². The Balaban J connectivity index is 1.46. The lowest BCUT2D eigenvalue weighted by Crippen LogP contribution is -2.41. The fourth-order valence-corrected chi connectivity index (χ4v) is 6.11. The van der Waals surface area contributed by atoms with Crippen LogP contribution in [0, 0.1) is 11.8 Å². The molecule has 1 atom stereocenters. The van der Waals surface area contributed by atoms with Gasteiger partial charge in [-0.1, -0.05) is 31.5 Å². The summed E-state index contributed by atoms with van der Waals surface area (Å²) in [6.07, 6.45) is 6.34. The SMILES string of the molecule is C[C@@H]1CN(c2nc(-n3ccc(OCC4CCC4)n3)ccc2C(=O)NS(=O)(=O)c2ccccc2)C(C)(C)C1. The quantitative estimate of drug-likeness (QED) is 0.472. The largest absolute Gasteiger partial charge is 0.476 e. The van der Waals surface area contributed by atoms with Gasteiger partial charge in [0.25, 0.3) is 15.9 Å². The van der Waals surface area contributed by atoms with E-state index in [1.54, 1.807) is 47.3 Å². The minimum atomic E-state index is -4.04. The van der Waals surface area contributed by atoms with Crippen LogP contribution in [0.2, 0.25) is 0 Å². The fraction of sp³-hybridized carbons (Fsp3) is 0.444. The second kappa shape index (κ2) is 9.81. The summed E-state index contributed by atoms with van der Waals surface area (Å²) in [5, 5.41) is 4.52. The highest BCUT2D eigenvalue weighted by molar-refractivity contribution is 7.90. The van der Waals surface area contributed by atoms with Crippen LogP contribution < -0.4 is 14.4 Å². The average molecular weight is 524 g/mol. The highest BCUT2D eigenvalue weighted by Crippen LogP contribution is 2.38. The van der Waals surface area contributed by atoms with Gasteiger partial charge in [-0.25, -0.2) is 22.8 Å². The maximum Gasteiger partial charge on any atom is 0.268 e. The van der Waals surface area contributed by atoms with Crippen LogP contribution in [0.1, 0.15) is 56.8 Å². The Morgan fingerprint density at radius 2 is 1.89 bits per heavy atom. The van der Waals surface area contributed by atoms with Gasteiger partial charge in [0.1, 0.15) is 5.82 Å². The molecule has 9 nitrogen and oxygen atoms in total. The molecule has 3 aromatic rings. The van der Waals surface area contributed by atoms with E-state index in [0.717, 1.165) is 6.42 Å². The zero-order valence-electron chi connectivity index (χ0n) is 21.4. The molecule has 10 heteroatoms. The van der Waals surface area contributed by atoms with Gasteiger partial charge in [-0.05, 0) is 69.2 Å². The molecular formula is C27H33N5O4S. The van der Waals surface area contributed by atoms with E-state index < -0.39 is 15.9 Å². The molecule has 1 saturated heterocycles. The van der Waals surface area contributed by atoms with Crippen molar-refractivity contribution in [3.8, 4) is 11.7 Å². The van der Waals surface area contributed by atoms with Crippen LogP contribution in [0.3, 0.4) is 0 Å². The van der Waals surface area contributed by atoms with Crippen LogP contribution in [-0.4, -0.2) is 47.8 Å². The van der Waals surface area contributed by atoms with E-state index in [4.69, 9.17) is 9.72 Å². The van der Waals surface area contributed by atoms with E-state index in [1.165, 1.54) is 31.4 Å². The van der Waals surface area contributed by atoms with Gasteiger partial charge in [-0.3, -0.25) is 4.79 Å². The molecule has 0 spiro atoms. The second-order valence-electron chi connectivity index (χ2n) is 10.7. The van der Waals surface area contributed by atoms with Gasteiger partial charge in [0.05, 0.1) is 17.1 Å². The van der Waals surface area contributed by atoms with Crippen molar-refractivity contribution in [3.05, 3.63) is 60.3 Å². The van der Waals surface area contributed by atoms with E-state index in [9.17, 15) is 13.2 Å². The van der Waals surface area contributed by atoms with E-state index in [2.05, 4.69) is 35.5 Å². The molecular weight excluding hydrogens is 490 g/mol. The second-order valence-corrected chi connectivity index (χ2v) is 12.4. The number of pyridine rings is 1. The number of ether oxygens (including phenoxy) is 1. The molecule has 1 aliphatic carbocycles. The van der Waals surface area contributed by atoms with Crippen molar-refractivity contribution in [1.29, 1.82) is 0 Å². The van der Waals surface area contributed by atoms with E-state index in [0.29, 0.717) is 42.5 Å². The third-order valence-corrected chi connectivity index (χ3v) is 8.55. The summed E-state index contributed by atoms with van der Waals surface area (Å²) in [6.45, 7) is 7.72. The Hall–Kier alpha value is -3.40. The lowest BCUT2D eigenvalue weighted by Gasteiger charge is -2.34. The third-order valence-electron chi connectivity index (χ3n) is 7.21. The number of benzene rings is 1. The molecule has 2 aliphatic rings. The first-order valence-corrected chi connectivity index (χ1v) is 14.2. The number of carbonyl (C=O) groups excluding carboxylic acids is 1. The highest BCUT2D eigenvalue weighted by Gasteiger charge is 2.39. The first-order chi connectivity index (χ1) is 17.6. The van der Waals surface area contributed by atoms with Gasteiger partial charge in [-0.2, -0.15) is 0 Å². The Morgan fingerprint density at radius 3 is 2.54 bits per heavy atom. The predicted molar refractivity (Wildman–Crippen MR) is 140 cm³/mol. The molecule has 5 rings (SSSR count). The Labute approximate surface area is 217 Å². The summed E-state index contributed by atoms with van der Waals surface area (Å²) in [5.41, 5.74) is -0.0708. The molecule has 0 bridgehead atoms. The highest BCUT2D eigenvalue weighted by atomic mass is 32.2. The molecule has 37 heavy (non-hydrogen) atoms. The number of carbonyl (C=O) groups is 1. The Kier molecular flexibility index (Phi) is 6.70. The normalized spacial score (nSPS) is 19.4. The van der Waals surface area contributed by atoms with Crippen LogP contribution in [0.25, 0.3) is 5.82 Å². The molecule has 1 N–H and O–H groups in total. The maximum atomic E-state index is 13.3. The number of hydrogen-bond donors (Lipinski definition) is 1. The Bertz CT molecular complexity index is 1380. The molecule has 0 unspecified atom stereocenters. The summed E-state index contributed by atoms with van der Waals surface area (Å²) in [6, 6.07) is 12.9. The smallest absolute Gasteiger partial charge is 0.268 e. The zero-order valence-corrected chi connectivity index (χ0v) is 22.2. The molecule has 1 aliphatic heterocycles. The van der Waals surface area contributed by atoms with Gasteiger partial charge < -0.3 is 9.64 Å². The number of aromatic nitrogens is 3. The minimum absolute atomic E-state index is 0.0237. The van der Waals surface area contributed by atoms with E-state index in [-0.39, 0.29) is 16.0 Å². The number of anilines is 1. The van der Waals surface area contributed by atoms with Crippen LogP contribution in [0.4, 0.5) is 5.82 Å². The lowest BCUT2D eigenvalue weighted by molar-refractivity contribution is 0.0981. The number of nitrogens with zero attached hydrogens (tertiary/aromatic N) is 4. The minimum Gasteiger partial charge on any atom is -0.476 e. The van der Waals surface area contributed by atoms with Gasteiger partial charge in [0.2, 0.25) is 5.88 Å². The van der Waals surface area contributed by atoms with Crippen molar-refractivity contribution >= 4 is 21.7 Å². The number of amides is 1. The monoisotopic (exact) mass is 523 g/mol. The predicted octanol–water partition coefficient (Wildman–Crippen LogP) is 4.19. The summed E-state index contributed by atoms with van der Waals surface area (Å²) < 4.78 is 35.4. The summed E-state index contributed by atoms with van der Waals surface area (Å²) >= 11 is 0. The third kappa shape index (κ3) is 5.34. The van der Waals surface area contributed by atoms with Crippen LogP contribution >= 0.6 is 0 Å². The maximum absolute atomic E-state index is 13.3. The van der Waals surface area contributed by atoms with Crippen LogP contribution in [0.5, 0.6) is 5.88 Å². The first-order valence-electron chi connectivity index (χ1n) is 12.7. The van der Waals surface area contributed by atoms with Crippen molar-refractivity contribution in [3.63, 3.8) is 0 Å². The number of sulfonamides is 1. The standard InChI is InChI=1S/C27H33N5O4S/c1-19-16-27(2,3)31(17-19)25-22(26(33)30-37(34,35)21-10-5-4-6-11-21)12-13-23(28-25)32-15-14-24(29-32)36-18-20-8-7-9-20/h4-6,10-15,19-20H,7-9,16-18H2,1-3H3,(H,30,33)/t19-/m0/s1. The van der Waals surface area contributed by atoms with Crippen molar-refractivity contribution in [2.45, 2.75) is 56.9 Å². The van der Waals surface area contributed by atoms with Crippen LogP contribution in [0.15, 0.2) is 59.6 Å². The number of hydrogen-bond acceptors (Lipinski definition) is 7. The fourth-order valence-electron chi connectivity index (χ4n) is 5.12. The van der Waals surface area contributed by atoms with Crippen molar-refractivity contribution in [2.75, 3.05) is 18.1 Å². The van der Waals surface area contributed by atoms with Crippen molar-refractivity contribution in [2.24, 2.45) is 11.8 Å². The molecule has 2 fully saturated rings. The van der Waals surface area contributed by atoms with E-state index in [1.807, 2.05) is 0 Å². The van der Waals surface area contributed by atoms with Gasteiger partial charge >= 0.3 is 0 Å². The first kappa shape index (κ1) is 25.3. The van der Waals surface area contributed by atoms with Gasteiger partial charge in [0.15, 0.2) is 5.82 Å². The number of nitrogens with one attached hydrogen (secondary N) is 1. The van der Waals surface area contributed by atoms with Gasteiger partial charge in [-0.15, -0.1) is 5.10 Å². The van der Waals surface area contributed by atoms with E-state index >= 15 is 0 Å². The number of rotatable bonds is 8. The lowest BCUT2D eigenvalue weighted by atomic mass is 9.86. The van der Waals surface area contributed by atoms with Gasteiger partial charge in [0, 0.05) is 24.3 Å². The molecule has 196 valence electrons. The topological polar surface area (TPSA) is 106 Å². The molecule has 3 heterocycles. The van der Waals surface area contributed by atoms with Crippen molar-refractivity contribution in [1.82, 2.24) is 19.5 Å². The van der Waals surface area contributed by atoms with Crippen molar-refractivity contribution < 1.29 is 17.9 Å². The molecule has 2 aromatic heterocycles. The molecule has 1 saturated carbocycles. The molecule has 1 aromatic carbocycles. The summed E-state index contributed by atoms with van der Waals surface area (Å²) in [7, 11) is -4.04. The Morgan fingerprint density at radius 1 is 1.14 bits per heavy atom. The molecule has 1 amide bonds. The zero-order chi connectivity index (χ0) is 26.2.